The second kappa shape index (κ2) is 11.8. The number of anilines is 2. The van der Waals surface area contributed by atoms with Crippen molar-refractivity contribution in [1.29, 1.82) is 0 Å². The molecule has 0 saturated heterocycles. The van der Waals surface area contributed by atoms with E-state index in [0.717, 1.165) is 11.4 Å². The van der Waals surface area contributed by atoms with Gasteiger partial charge in [-0.25, -0.2) is 0 Å². The van der Waals surface area contributed by atoms with Crippen LogP contribution >= 0.6 is 0 Å². The number of ketones is 2. The molecule has 0 radical (unpaired) electrons. The first kappa shape index (κ1) is 24.7. The number of carbonyl (C=O) groups is 2. The number of rotatable bonds is 10. The Morgan fingerprint density at radius 2 is 0.750 bits per heavy atom. The van der Waals surface area contributed by atoms with Crippen molar-refractivity contribution in [3.8, 4) is 0 Å². The molecule has 0 aliphatic carbocycles. The molecule has 0 aliphatic heterocycles. The summed E-state index contributed by atoms with van der Waals surface area (Å²) in [4.78, 5) is 32.4. The fourth-order valence-electron chi connectivity index (χ4n) is 4.32. The molecule has 4 aromatic rings. The molecule has 0 aliphatic rings. The van der Waals surface area contributed by atoms with Crippen LogP contribution in [0.2, 0.25) is 0 Å². The summed E-state index contributed by atoms with van der Waals surface area (Å²) in [5, 5.41) is 0. The monoisotopic (exact) mass is 474 g/mol. The van der Waals surface area contributed by atoms with Crippen LogP contribution in [0.4, 0.5) is 11.4 Å². The topological polar surface area (TPSA) is 40.6 Å². The quantitative estimate of drug-likeness (QED) is 0.183. The summed E-state index contributed by atoms with van der Waals surface area (Å²) in [7, 11) is 0. The van der Waals surface area contributed by atoms with Gasteiger partial charge in [0, 0.05) is 35.6 Å². The van der Waals surface area contributed by atoms with Gasteiger partial charge in [-0.2, -0.15) is 0 Å². The Bertz CT molecular complexity index is 1210. The van der Waals surface area contributed by atoms with E-state index in [-0.39, 0.29) is 11.6 Å². The maximum Gasteiger partial charge on any atom is 0.211 e. The smallest absolute Gasteiger partial charge is 0.211 e. The molecule has 0 aromatic heterocycles. The van der Waals surface area contributed by atoms with Crippen molar-refractivity contribution in [2.45, 2.75) is 13.8 Å². The first-order valence-electron chi connectivity index (χ1n) is 12.2. The van der Waals surface area contributed by atoms with E-state index in [4.69, 9.17) is 0 Å². The SMILES string of the molecule is CCN(/C(C(=O)c1ccccc1)=C(/C(=O)c1ccccc1)N(CC)c1ccccc1)c1ccccc1. The Balaban J connectivity index is 2.06. The molecular formula is C32H30N2O2. The zero-order chi connectivity index (χ0) is 25.3. The number of para-hydroxylation sites is 2. The summed E-state index contributed by atoms with van der Waals surface area (Å²) >= 11 is 0. The first-order chi connectivity index (χ1) is 17.7. The molecule has 0 bridgehead atoms. The van der Waals surface area contributed by atoms with E-state index in [1.54, 1.807) is 24.3 Å². The zero-order valence-corrected chi connectivity index (χ0v) is 20.7. The predicted octanol–water partition coefficient (Wildman–Crippen LogP) is 7.02. The lowest BCUT2D eigenvalue weighted by Crippen LogP contribution is -2.37. The average molecular weight is 475 g/mol. The molecular weight excluding hydrogens is 444 g/mol. The van der Waals surface area contributed by atoms with Crippen molar-refractivity contribution in [2.24, 2.45) is 0 Å². The summed E-state index contributed by atoms with van der Waals surface area (Å²) in [6.45, 7) is 5.01. The van der Waals surface area contributed by atoms with Gasteiger partial charge in [0.1, 0.15) is 11.4 Å². The molecule has 0 saturated carbocycles. The van der Waals surface area contributed by atoms with Gasteiger partial charge >= 0.3 is 0 Å². The first-order valence-corrected chi connectivity index (χ1v) is 12.2. The van der Waals surface area contributed by atoms with E-state index in [1.165, 1.54) is 0 Å². The van der Waals surface area contributed by atoms with Crippen LogP contribution in [0.1, 0.15) is 34.6 Å². The molecule has 0 spiro atoms. The predicted molar refractivity (Wildman–Crippen MR) is 147 cm³/mol. The van der Waals surface area contributed by atoms with Crippen LogP contribution in [0.15, 0.2) is 133 Å². The lowest BCUT2D eigenvalue weighted by atomic mass is 9.98. The molecule has 4 nitrogen and oxygen atoms in total. The average Bonchev–Trinajstić information content (AvgIpc) is 2.96. The fourth-order valence-corrected chi connectivity index (χ4v) is 4.32. The summed E-state index contributed by atoms with van der Waals surface area (Å²) in [6, 6.07) is 37.8. The minimum absolute atomic E-state index is 0.199. The van der Waals surface area contributed by atoms with Crippen LogP contribution in [0.3, 0.4) is 0 Å². The molecule has 0 atom stereocenters. The van der Waals surface area contributed by atoms with Crippen LogP contribution in [0, 0.1) is 0 Å². The van der Waals surface area contributed by atoms with Crippen LogP contribution in [0.25, 0.3) is 0 Å². The zero-order valence-electron chi connectivity index (χ0n) is 20.7. The second-order valence-electron chi connectivity index (χ2n) is 8.25. The van der Waals surface area contributed by atoms with E-state index >= 15 is 0 Å². The van der Waals surface area contributed by atoms with Gasteiger partial charge in [-0.15, -0.1) is 0 Å². The number of Topliss-reactive ketones (excluding diaryl/α,β-unsaturated/α-hetero) is 2. The fraction of sp³-hybridized carbons (Fsp3) is 0.125. The molecule has 4 aromatic carbocycles. The van der Waals surface area contributed by atoms with E-state index < -0.39 is 0 Å². The summed E-state index contributed by atoms with van der Waals surface area (Å²) in [5.41, 5.74) is 3.47. The molecule has 0 unspecified atom stereocenters. The van der Waals surface area contributed by atoms with Crippen molar-refractivity contribution in [2.75, 3.05) is 22.9 Å². The highest BCUT2D eigenvalue weighted by Gasteiger charge is 2.31. The van der Waals surface area contributed by atoms with Crippen LogP contribution in [-0.4, -0.2) is 24.7 Å². The number of hydrogen-bond donors (Lipinski definition) is 0. The summed E-state index contributed by atoms with van der Waals surface area (Å²) in [5.74, 6) is -0.398. The van der Waals surface area contributed by atoms with Crippen molar-refractivity contribution in [3.63, 3.8) is 0 Å². The van der Waals surface area contributed by atoms with Gasteiger partial charge in [-0.1, -0.05) is 97.1 Å². The third-order valence-electron chi connectivity index (χ3n) is 6.03. The van der Waals surface area contributed by atoms with Gasteiger partial charge in [0.05, 0.1) is 0 Å². The van der Waals surface area contributed by atoms with Gasteiger partial charge in [-0.3, -0.25) is 9.59 Å². The Hall–Kier alpha value is -4.44. The standard InChI is InChI=1S/C32H30N2O2/c1-3-33(27-21-13-7-14-22-27)29(31(35)25-17-9-5-10-18-25)30(32(36)26-19-11-6-12-20-26)34(4-2)28-23-15-8-16-24-28/h5-24H,3-4H2,1-2H3/b30-29-. The number of hydrogen-bond acceptors (Lipinski definition) is 4. The second-order valence-corrected chi connectivity index (χ2v) is 8.25. The van der Waals surface area contributed by atoms with E-state index in [0.29, 0.717) is 35.6 Å². The minimum atomic E-state index is -0.199. The Kier molecular flexibility index (Phi) is 8.09. The largest absolute Gasteiger partial charge is 0.337 e. The van der Waals surface area contributed by atoms with Crippen LogP contribution in [0.5, 0.6) is 0 Å². The van der Waals surface area contributed by atoms with Crippen LogP contribution < -0.4 is 9.80 Å². The van der Waals surface area contributed by atoms with Gasteiger partial charge in [-0.05, 0) is 38.1 Å². The highest BCUT2D eigenvalue weighted by atomic mass is 16.1. The number of carbonyl (C=O) groups excluding carboxylic acids is 2. The number of allylic oxidation sites excluding steroid dienone is 2. The number of nitrogens with zero attached hydrogens (tertiary/aromatic N) is 2. The van der Waals surface area contributed by atoms with Gasteiger partial charge in [0.2, 0.25) is 11.6 Å². The lowest BCUT2D eigenvalue weighted by molar-refractivity contribution is 0.0994. The summed E-state index contributed by atoms with van der Waals surface area (Å²) < 4.78 is 0. The molecule has 180 valence electrons. The van der Waals surface area contributed by atoms with E-state index in [1.807, 2.05) is 121 Å². The molecule has 36 heavy (non-hydrogen) atoms. The molecule has 4 heteroatoms. The molecule has 4 rings (SSSR count). The lowest BCUT2D eigenvalue weighted by Gasteiger charge is -2.33. The molecule has 0 N–H and O–H groups in total. The van der Waals surface area contributed by atoms with E-state index in [9.17, 15) is 9.59 Å². The van der Waals surface area contributed by atoms with Crippen molar-refractivity contribution in [3.05, 3.63) is 144 Å². The maximum atomic E-state index is 14.3. The highest BCUT2D eigenvalue weighted by Crippen LogP contribution is 2.30. The van der Waals surface area contributed by atoms with Crippen molar-refractivity contribution < 1.29 is 9.59 Å². The number of likely N-dealkylation sites (N-methyl/N-ethyl adjacent to an activating group) is 2. The Morgan fingerprint density at radius 3 is 1.03 bits per heavy atom. The van der Waals surface area contributed by atoms with Crippen molar-refractivity contribution >= 4 is 22.9 Å². The van der Waals surface area contributed by atoms with Gasteiger partial charge in [0.15, 0.2) is 0 Å². The van der Waals surface area contributed by atoms with Crippen molar-refractivity contribution in [1.82, 2.24) is 0 Å². The molecule has 0 heterocycles. The molecule has 0 fully saturated rings. The van der Waals surface area contributed by atoms with Gasteiger partial charge < -0.3 is 9.80 Å². The summed E-state index contributed by atoms with van der Waals surface area (Å²) in [6.07, 6.45) is 0. The third-order valence-corrected chi connectivity index (χ3v) is 6.03. The Labute approximate surface area is 213 Å². The Morgan fingerprint density at radius 1 is 0.472 bits per heavy atom. The number of benzene rings is 4. The van der Waals surface area contributed by atoms with E-state index in [2.05, 4.69) is 0 Å². The van der Waals surface area contributed by atoms with Crippen LogP contribution in [-0.2, 0) is 0 Å². The molecule has 0 amide bonds. The van der Waals surface area contributed by atoms with Gasteiger partial charge in [0.25, 0.3) is 0 Å². The highest BCUT2D eigenvalue weighted by molar-refractivity contribution is 6.20. The normalized spacial score (nSPS) is 11.4. The minimum Gasteiger partial charge on any atom is -0.337 e. The maximum absolute atomic E-state index is 14.3. The third kappa shape index (κ3) is 5.28.